The van der Waals surface area contributed by atoms with Crippen LogP contribution in [0.25, 0.3) is 0 Å². The number of carbonyl (C=O) groups is 1. The molecule has 2 heterocycles. The van der Waals surface area contributed by atoms with Gasteiger partial charge < -0.3 is 24.4 Å². The van der Waals surface area contributed by atoms with Crippen LogP contribution >= 0.6 is 0 Å². The van der Waals surface area contributed by atoms with Crippen molar-refractivity contribution in [2.45, 2.75) is 0 Å². The average molecular weight is 278 g/mol. The monoisotopic (exact) mass is 278 g/mol. The van der Waals surface area contributed by atoms with Crippen molar-refractivity contribution in [1.82, 2.24) is 4.90 Å². The number of hydrogen-bond donors (Lipinski definition) is 1. The Hall–Kier alpha value is -1.95. The molecule has 20 heavy (non-hydrogen) atoms. The van der Waals surface area contributed by atoms with E-state index in [1.807, 2.05) is 23.1 Å². The Labute approximate surface area is 117 Å². The molecule has 1 N–H and O–H groups in total. The minimum absolute atomic E-state index is 0.0863. The topological polar surface area (TPSA) is 60.0 Å². The van der Waals surface area contributed by atoms with Gasteiger partial charge in [-0.05, 0) is 12.1 Å². The standard InChI is InChI=1S/C14H18N2O4/c17-14(16-3-5-18-6-4-16)10-15-11-1-2-12-13(9-11)20-8-7-19-12/h1-2,9,15H,3-8,10H2. The zero-order valence-electron chi connectivity index (χ0n) is 11.3. The zero-order valence-corrected chi connectivity index (χ0v) is 11.3. The van der Waals surface area contributed by atoms with E-state index in [-0.39, 0.29) is 12.5 Å². The molecule has 1 aromatic rings. The number of rotatable bonds is 3. The molecule has 108 valence electrons. The lowest BCUT2D eigenvalue weighted by Gasteiger charge is -2.27. The lowest BCUT2D eigenvalue weighted by Crippen LogP contribution is -2.43. The number of nitrogens with zero attached hydrogens (tertiary/aromatic N) is 1. The number of anilines is 1. The Kier molecular flexibility index (Phi) is 3.92. The third kappa shape index (κ3) is 2.96. The van der Waals surface area contributed by atoms with E-state index in [9.17, 15) is 4.79 Å². The van der Waals surface area contributed by atoms with Crippen molar-refractivity contribution < 1.29 is 19.0 Å². The molecule has 0 aliphatic carbocycles. The smallest absolute Gasteiger partial charge is 0.242 e. The Morgan fingerprint density at radius 1 is 1.10 bits per heavy atom. The first-order chi connectivity index (χ1) is 9.83. The molecule has 0 atom stereocenters. The van der Waals surface area contributed by atoms with Gasteiger partial charge in [-0.2, -0.15) is 0 Å². The lowest BCUT2D eigenvalue weighted by molar-refractivity contribution is -0.133. The van der Waals surface area contributed by atoms with E-state index >= 15 is 0 Å². The number of carbonyl (C=O) groups excluding carboxylic acids is 1. The number of hydrogen-bond acceptors (Lipinski definition) is 5. The summed E-state index contributed by atoms with van der Waals surface area (Å²) in [4.78, 5) is 13.8. The predicted molar refractivity (Wildman–Crippen MR) is 73.3 cm³/mol. The maximum atomic E-state index is 12.0. The highest BCUT2D eigenvalue weighted by atomic mass is 16.6. The van der Waals surface area contributed by atoms with Crippen molar-refractivity contribution >= 4 is 11.6 Å². The summed E-state index contributed by atoms with van der Waals surface area (Å²) < 4.78 is 16.2. The van der Waals surface area contributed by atoms with Crippen molar-refractivity contribution in [2.75, 3.05) is 51.4 Å². The summed E-state index contributed by atoms with van der Waals surface area (Å²) in [5, 5.41) is 3.12. The number of morpholine rings is 1. The SMILES string of the molecule is O=C(CNc1ccc2c(c1)OCCO2)N1CCOCC1. The van der Waals surface area contributed by atoms with E-state index in [0.717, 1.165) is 17.2 Å². The van der Waals surface area contributed by atoms with Gasteiger partial charge in [0.15, 0.2) is 11.5 Å². The first-order valence-electron chi connectivity index (χ1n) is 6.82. The minimum atomic E-state index is 0.0863. The van der Waals surface area contributed by atoms with Crippen LogP contribution in [0.4, 0.5) is 5.69 Å². The fourth-order valence-corrected chi connectivity index (χ4v) is 2.26. The molecule has 0 saturated carbocycles. The van der Waals surface area contributed by atoms with Gasteiger partial charge in [0.05, 0.1) is 19.8 Å². The van der Waals surface area contributed by atoms with Gasteiger partial charge in [0.2, 0.25) is 5.91 Å². The van der Waals surface area contributed by atoms with Crippen molar-refractivity contribution in [3.8, 4) is 11.5 Å². The van der Waals surface area contributed by atoms with Crippen LogP contribution in [0.15, 0.2) is 18.2 Å². The highest BCUT2D eigenvalue weighted by molar-refractivity contribution is 5.81. The van der Waals surface area contributed by atoms with E-state index < -0.39 is 0 Å². The number of ether oxygens (including phenoxy) is 3. The molecule has 1 amide bonds. The van der Waals surface area contributed by atoms with Crippen molar-refractivity contribution in [1.29, 1.82) is 0 Å². The summed E-state index contributed by atoms with van der Waals surface area (Å²) >= 11 is 0. The van der Waals surface area contributed by atoms with Gasteiger partial charge >= 0.3 is 0 Å². The van der Waals surface area contributed by atoms with Gasteiger partial charge in [-0.15, -0.1) is 0 Å². The van der Waals surface area contributed by atoms with Crippen LogP contribution in [-0.4, -0.2) is 56.9 Å². The second-order valence-electron chi connectivity index (χ2n) is 4.71. The van der Waals surface area contributed by atoms with Gasteiger partial charge in [0.25, 0.3) is 0 Å². The maximum absolute atomic E-state index is 12.0. The second kappa shape index (κ2) is 6.00. The van der Waals surface area contributed by atoms with Crippen molar-refractivity contribution in [3.63, 3.8) is 0 Å². The molecule has 2 aliphatic rings. The molecule has 0 radical (unpaired) electrons. The molecule has 2 aliphatic heterocycles. The number of nitrogens with one attached hydrogen (secondary N) is 1. The van der Waals surface area contributed by atoms with E-state index in [0.29, 0.717) is 39.5 Å². The highest BCUT2D eigenvalue weighted by Crippen LogP contribution is 2.32. The average Bonchev–Trinajstić information content (AvgIpc) is 2.53. The molecular formula is C14H18N2O4. The van der Waals surface area contributed by atoms with Crippen LogP contribution in [0, 0.1) is 0 Å². The number of benzene rings is 1. The molecule has 1 fully saturated rings. The summed E-state index contributed by atoms with van der Waals surface area (Å²) in [7, 11) is 0. The number of amides is 1. The summed E-state index contributed by atoms with van der Waals surface area (Å²) in [6.45, 7) is 3.99. The Bertz CT molecular complexity index is 486. The van der Waals surface area contributed by atoms with E-state index in [1.165, 1.54) is 0 Å². The minimum Gasteiger partial charge on any atom is -0.486 e. The van der Waals surface area contributed by atoms with Crippen molar-refractivity contribution in [2.24, 2.45) is 0 Å². The van der Waals surface area contributed by atoms with Crippen molar-refractivity contribution in [3.05, 3.63) is 18.2 Å². The molecule has 1 aromatic carbocycles. The summed E-state index contributed by atoms with van der Waals surface area (Å²) in [5.41, 5.74) is 0.857. The first kappa shape index (κ1) is 13.1. The van der Waals surface area contributed by atoms with Crippen LogP contribution < -0.4 is 14.8 Å². The third-order valence-corrected chi connectivity index (χ3v) is 3.35. The van der Waals surface area contributed by atoms with E-state index in [2.05, 4.69) is 5.32 Å². The van der Waals surface area contributed by atoms with Crippen LogP contribution in [0.2, 0.25) is 0 Å². The molecule has 3 rings (SSSR count). The summed E-state index contributed by atoms with van der Waals surface area (Å²) in [5.74, 6) is 1.56. The fraction of sp³-hybridized carbons (Fsp3) is 0.500. The highest BCUT2D eigenvalue weighted by Gasteiger charge is 2.17. The van der Waals surface area contributed by atoms with Gasteiger partial charge in [-0.1, -0.05) is 0 Å². The molecule has 0 bridgehead atoms. The molecule has 6 heteroatoms. The van der Waals surface area contributed by atoms with E-state index in [4.69, 9.17) is 14.2 Å². The van der Waals surface area contributed by atoms with E-state index in [1.54, 1.807) is 0 Å². The third-order valence-electron chi connectivity index (χ3n) is 3.35. The second-order valence-corrected chi connectivity index (χ2v) is 4.71. The Balaban J connectivity index is 1.56. The van der Waals surface area contributed by atoms with Crippen LogP contribution in [0.3, 0.4) is 0 Å². The quantitative estimate of drug-likeness (QED) is 0.883. The van der Waals surface area contributed by atoms with Gasteiger partial charge in [0.1, 0.15) is 13.2 Å². The Morgan fingerprint density at radius 2 is 1.85 bits per heavy atom. The zero-order chi connectivity index (χ0) is 13.8. The molecule has 0 unspecified atom stereocenters. The fourth-order valence-electron chi connectivity index (χ4n) is 2.26. The molecular weight excluding hydrogens is 260 g/mol. The summed E-state index contributed by atoms with van der Waals surface area (Å²) in [6, 6.07) is 5.61. The lowest BCUT2D eigenvalue weighted by atomic mass is 10.2. The largest absolute Gasteiger partial charge is 0.486 e. The van der Waals surface area contributed by atoms with Gasteiger partial charge in [-0.3, -0.25) is 4.79 Å². The maximum Gasteiger partial charge on any atom is 0.242 e. The van der Waals surface area contributed by atoms with Crippen LogP contribution in [0.1, 0.15) is 0 Å². The predicted octanol–water partition coefficient (Wildman–Crippen LogP) is 0.728. The normalized spacial score (nSPS) is 17.7. The first-order valence-corrected chi connectivity index (χ1v) is 6.82. The molecule has 0 aromatic heterocycles. The molecule has 1 saturated heterocycles. The summed E-state index contributed by atoms with van der Waals surface area (Å²) in [6.07, 6.45) is 0. The molecule has 6 nitrogen and oxygen atoms in total. The van der Waals surface area contributed by atoms with Gasteiger partial charge in [-0.25, -0.2) is 0 Å². The van der Waals surface area contributed by atoms with Crippen LogP contribution in [-0.2, 0) is 9.53 Å². The van der Waals surface area contributed by atoms with Crippen LogP contribution in [0.5, 0.6) is 11.5 Å². The van der Waals surface area contributed by atoms with Gasteiger partial charge in [0, 0.05) is 24.8 Å². The Morgan fingerprint density at radius 3 is 2.65 bits per heavy atom. The number of fused-ring (bicyclic) bond motifs is 1. The molecule has 0 spiro atoms.